The highest BCUT2D eigenvalue weighted by molar-refractivity contribution is 5.78. The van der Waals surface area contributed by atoms with E-state index < -0.39 is 17.8 Å². The van der Waals surface area contributed by atoms with Crippen molar-refractivity contribution >= 4 is 5.97 Å². The van der Waals surface area contributed by atoms with E-state index >= 15 is 0 Å². The number of benzene rings is 1. The number of carbonyl (C=O) groups excluding carboxylic acids is 1. The third-order valence-electron chi connectivity index (χ3n) is 2.70. The number of azide groups is 1. The molecule has 1 aromatic carbocycles. The summed E-state index contributed by atoms with van der Waals surface area (Å²) in [7, 11) is 0. The molecule has 0 aliphatic carbocycles. The van der Waals surface area contributed by atoms with Gasteiger partial charge in [0, 0.05) is 18.0 Å². The lowest BCUT2D eigenvalue weighted by Gasteiger charge is -2.19. The van der Waals surface area contributed by atoms with Gasteiger partial charge < -0.3 is 10.1 Å². The number of hydrogen-bond donors (Lipinski definition) is 1. The molecule has 1 rings (SSSR count). The van der Waals surface area contributed by atoms with E-state index in [1.54, 1.807) is 19.9 Å². The van der Waals surface area contributed by atoms with Crippen LogP contribution in [0.3, 0.4) is 0 Å². The van der Waals surface area contributed by atoms with Crippen molar-refractivity contribution in [3.8, 4) is 0 Å². The maximum atomic E-state index is 13.4. The number of nitrogens with zero attached hydrogens (tertiary/aromatic N) is 3. The standard InChI is InChI=1S/C13H17FN4O2/c1-3-20-13(19)12(16-6-7-17-18-15)11-8-10(14)5-4-9(11)2/h4-5,8,12,16H,3,6-7H2,1-2H3. The van der Waals surface area contributed by atoms with Gasteiger partial charge in [-0.2, -0.15) is 0 Å². The first-order valence-corrected chi connectivity index (χ1v) is 6.27. The fourth-order valence-corrected chi connectivity index (χ4v) is 1.77. The minimum Gasteiger partial charge on any atom is -0.465 e. The number of ether oxygens (including phenoxy) is 1. The maximum Gasteiger partial charge on any atom is 0.327 e. The smallest absolute Gasteiger partial charge is 0.327 e. The van der Waals surface area contributed by atoms with Gasteiger partial charge in [0.25, 0.3) is 0 Å². The molecule has 6 nitrogen and oxygen atoms in total. The van der Waals surface area contributed by atoms with Crippen molar-refractivity contribution in [1.29, 1.82) is 0 Å². The van der Waals surface area contributed by atoms with Crippen LogP contribution in [0.4, 0.5) is 4.39 Å². The molecule has 1 unspecified atom stereocenters. The largest absolute Gasteiger partial charge is 0.465 e. The summed E-state index contributed by atoms with van der Waals surface area (Å²) in [4.78, 5) is 14.6. The van der Waals surface area contributed by atoms with Gasteiger partial charge in [-0.15, -0.1) is 0 Å². The Balaban J connectivity index is 2.93. The third kappa shape index (κ3) is 4.53. The fourth-order valence-electron chi connectivity index (χ4n) is 1.77. The summed E-state index contributed by atoms with van der Waals surface area (Å²) in [5, 5.41) is 6.29. The molecule has 0 saturated carbocycles. The zero-order chi connectivity index (χ0) is 15.0. The van der Waals surface area contributed by atoms with Crippen molar-refractivity contribution in [3.63, 3.8) is 0 Å². The zero-order valence-electron chi connectivity index (χ0n) is 11.5. The second kappa shape index (κ2) is 8.14. The SMILES string of the molecule is CCOC(=O)C(NCCN=[N+]=[N-])c1cc(F)ccc1C. The van der Waals surface area contributed by atoms with E-state index in [1.807, 2.05) is 0 Å². The second-order valence-corrected chi connectivity index (χ2v) is 4.09. The number of carbonyl (C=O) groups is 1. The topological polar surface area (TPSA) is 87.1 Å². The summed E-state index contributed by atoms with van der Waals surface area (Å²) in [6, 6.07) is 3.46. The van der Waals surface area contributed by atoms with Gasteiger partial charge in [-0.25, -0.2) is 9.18 Å². The Morgan fingerprint density at radius 2 is 2.35 bits per heavy atom. The van der Waals surface area contributed by atoms with E-state index in [-0.39, 0.29) is 13.2 Å². The van der Waals surface area contributed by atoms with Gasteiger partial charge in [0.2, 0.25) is 0 Å². The molecule has 1 aromatic rings. The predicted octanol–water partition coefficient (Wildman–Crippen LogP) is 2.64. The quantitative estimate of drug-likeness (QED) is 0.274. The Hall–Kier alpha value is -2.11. The summed E-state index contributed by atoms with van der Waals surface area (Å²) in [6.07, 6.45) is 0. The number of rotatable bonds is 7. The number of halogens is 1. The Morgan fingerprint density at radius 3 is 3.00 bits per heavy atom. The molecule has 1 atom stereocenters. The first kappa shape index (κ1) is 15.9. The van der Waals surface area contributed by atoms with E-state index in [9.17, 15) is 9.18 Å². The molecule has 20 heavy (non-hydrogen) atoms. The lowest BCUT2D eigenvalue weighted by Crippen LogP contribution is -2.32. The molecular weight excluding hydrogens is 263 g/mol. The normalized spacial score (nSPS) is 11.6. The molecule has 0 aromatic heterocycles. The van der Waals surface area contributed by atoms with Crippen LogP contribution in [0.2, 0.25) is 0 Å². The molecule has 0 saturated heterocycles. The molecule has 0 spiro atoms. The molecule has 108 valence electrons. The van der Waals surface area contributed by atoms with Crippen molar-refractivity contribution in [2.24, 2.45) is 5.11 Å². The van der Waals surface area contributed by atoms with E-state index in [0.717, 1.165) is 5.56 Å². The highest BCUT2D eigenvalue weighted by atomic mass is 19.1. The Bertz CT molecular complexity index is 515. The van der Waals surface area contributed by atoms with E-state index in [2.05, 4.69) is 15.3 Å². The van der Waals surface area contributed by atoms with E-state index in [0.29, 0.717) is 12.1 Å². The van der Waals surface area contributed by atoms with Crippen molar-refractivity contribution in [2.75, 3.05) is 19.7 Å². The molecule has 0 aliphatic heterocycles. The zero-order valence-corrected chi connectivity index (χ0v) is 11.5. The third-order valence-corrected chi connectivity index (χ3v) is 2.70. The van der Waals surface area contributed by atoms with Crippen LogP contribution in [0.5, 0.6) is 0 Å². The Labute approximate surface area is 116 Å². The van der Waals surface area contributed by atoms with Crippen LogP contribution in [0.1, 0.15) is 24.1 Å². The van der Waals surface area contributed by atoms with Crippen LogP contribution in [0.15, 0.2) is 23.3 Å². The summed E-state index contributed by atoms with van der Waals surface area (Å²) in [5.41, 5.74) is 9.51. The molecular formula is C13H17FN4O2. The first-order chi connectivity index (χ1) is 9.60. The van der Waals surface area contributed by atoms with Crippen LogP contribution in [0, 0.1) is 12.7 Å². The van der Waals surface area contributed by atoms with E-state index in [4.69, 9.17) is 10.3 Å². The first-order valence-electron chi connectivity index (χ1n) is 6.27. The number of hydrogen-bond acceptors (Lipinski definition) is 4. The lowest BCUT2D eigenvalue weighted by atomic mass is 10.0. The van der Waals surface area contributed by atoms with Gasteiger partial charge >= 0.3 is 5.97 Å². The molecule has 1 N–H and O–H groups in total. The molecule has 0 amide bonds. The second-order valence-electron chi connectivity index (χ2n) is 4.09. The van der Waals surface area contributed by atoms with Crippen LogP contribution in [-0.4, -0.2) is 25.7 Å². The predicted molar refractivity (Wildman–Crippen MR) is 72.5 cm³/mol. The summed E-state index contributed by atoms with van der Waals surface area (Å²) in [5.74, 6) is -0.904. The molecule has 0 heterocycles. The van der Waals surface area contributed by atoms with Crippen molar-refractivity contribution in [1.82, 2.24) is 5.32 Å². The number of nitrogens with one attached hydrogen (secondary N) is 1. The molecule has 7 heteroatoms. The van der Waals surface area contributed by atoms with Gasteiger partial charge in [0.1, 0.15) is 11.9 Å². The Kier molecular flexibility index (Phi) is 6.49. The van der Waals surface area contributed by atoms with Gasteiger partial charge in [-0.05, 0) is 42.6 Å². The Morgan fingerprint density at radius 1 is 1.60 bits per heavy atom. The van der Waals surface area contributed by atoms with Crippen LogP contribution in [-0.2, 0) is 9.53 Å². The van der Waals surface area contributed by atoms with Gasteiger partial charge in [-0.1, -0.05) is 11.2 Å². The maximum absolute atomic E-state index is 13.4. The van der Waals surface area contributed by atoms with Crippen LogP contribution < -0.4 is 5.32 Å². The summed E-state index contributed by atoms with van der Waals surface area (Å²) in [6.45, 7) is 4.22. The fraction of sp³-hybridized carbons (Fsp3) is 0.462. The number of aryl methyl sites for hydroxylation is 1. The summed E-state index contributed by atoms with van der Waals surface area (Å²) < 4.78 is 18.3. The monoisotopic (exact) mass is 280 g/mol. The molecule has 0 fully saturated rings. The molecule has 0 radical (unpaired) electrons. The van der Waals surface area contributed by atoms with Crippen LogP contribution >= 0.6 is 0 Å². The number of esters is 1. The highest BCUT2D eigenvalue weighted by Gasteiger charge is 2.23. The highest BCUT2D eigenvalue weighted by Crippen LogP contribution is 2.20. The van der Waals surface area contributed by atoms with Gasteiger partial charge in [0.15, 0.2) is 0 Å². The minimum atomic E-state index is -0.778. The van der Waals surface area contributed by atoms with Crippen molar-refractivity contribution < 1.29 is 13.9 Å². The average Bonchev–Trinajstić information content (AvgIpc) is 2.42. The van der Waals surface area contributed by atoms with Crippen LogP contribution in [0.25, 0.3) is 10.4 Å². The minimum absolute atomic E-state index is 0.195. The van der Waals surface area contributed by atoms with Crippen molar-refractivity contribution in [2.45, 2.75) is 19.9 Å². The van der Waals surface area contributed by atoms with Gasteiger partial charge in [0.05, 0.1) is 6.61 Å². The lowest BCUT2D eigenvalue weighted by molar-refractivity contribution is -0.145. The summed E-state index contributed by atoms with van der Waals surface area (Å²) >= 11 is 0. The average molecular weight is 280 g/mol. The van der Waals surface area contributed by atoms with Crippen molar-refractivity contribution in [3.05, 3.63) is 45.6 Å². The van der Waals surface area contributed by atoms with E-state index in [1.165, 1.54) is 12.1 Å². The molecule has 0 bridgehead atoms. The van der Waals surface area contributed by atoms with Gasteiger partial charge in [-0.3, -0.25) is 0 Å². The molecule has 0 aliphatic rings.